The van der Waals surface area contributed by atoms with E-state index in [1.807, 2.05) is 62.4 Å². The van der Waals surface area contributed by atoms with Crippen LogP contribution in [0, 0.1) is 13.8 Å². The summed E-state index contributed by atoms with van der Waals surface area (Å²) in [6.45, 7) is 4.79. The minimum absolute atomic E-state index is 0.358. The van der Waals surface area contributed by atoms with Crippen molar-refractivity contribution in [2.45, 2.75) is 27.1 Å². The minimum Gasteiger partial charge on any atom is -0.328 e. The van der Waals surface area contributed by atoms with Crippen molar-refractivity contribution in [2.24, 2.45) is 0 Å². The molecule has 0 heterocycles. The molecule has 0 spiro atoms. The predicted molar refractivity (Wildman–Crippen MR) is 81.1 cm³/mol. The van der Waals surface area contributed by atoms with Crippen LogP contribution < -0.4 is 0 Å². The molecule has 0 aromatic heterocycles. The van der Waals surface area contributed by atoms with Crippen LogP contribution in [0.15, 0.2) is 48.5 Å². The molecule has 0 saturated carbocycles. The van der Waals surface area contributed by atoms with Gasteiger partial charge in [0.25, 0.3) is 0 Å². The summed E-state index contributed by atoms with van der Waals surface area (Å²) < 4.78 is 10.6. The summed E-state index contributed by atoms with van der Waals surface area (Å²) in [5, 5.41) is 0. The van der Waals surface area contributed by atoms with Gasteiger partial charge in [-0.3, -0.25) is 0 Å². The molecule has 0 aliphatic carbocycles. The molecule has 0 unspecified atom stereocenters. The van der Waals surface area contributed by atoms with Crippen molar-refractivity contribution in [3.63, 3.8) is 0 Å². The van der Waals surface area contributed by atoms with E-state index in [1.54, 1.807) is 0 Å². The van der Waals surface area contributed by atoms with E-state index in [-0.39, 0.29) is 0 Å². The third-order valence-corrected chi connectivity index (χ3v) is 3.62. The maximum absolute atomic E-state index is 9.70. The molecule has 106 valence electrons. The SMILES string of the molecule is Cc1ccc(COP(O)OCc2ccc(C)cc2)cc1. The first-order chi connectivity index (χ1) is 9.63. The lowest BCUT2D eigenvalue weighted by molar-refractivity contribution is 0.187. The molecular weight excluding hydrogens is 271 g/mol. The van der Waals surface area contributed by atoms with E-state index in [0.29, 0.717) is 13.2 Å². The van der Waals surface area contributed by atoms with Crippen molar-refractivity contribution in [3.05, 3.63) is 70.8 Å². The van der Waals surface area contributed by atoms with Gasteiger partial charge in [-0.2, -0.15) is 0 Å². The van der Waals surface area contributed by atoms with Crippen molar-refractivity contribution in [3.8, 4) is 0 Å². The molecule has 0 amide bonds. The molecule has 0 aliphatic heterocycles. The lowest BCUT2D eigenvalue weighted by Crippen LogP contribution is -1.93. The Morgan fingerprint density at radius 1 is 0.750 bits per heavy atom. The molecule has 3 nitrogen and oxygen atoms in total. The Morgan fingerprint density at radius 3 is 1.45 bits per heavy atom. The van der Waals surface area contributed by atoms with E-state index in [2.05, 4.69) is 0 Å². The Kier molecular flexibility index (Phi) is 5.69. The van der Waals surface area contributed by atoms with Gasteiger partial charge in [0.15, 0.2) is 0 Å². The van der Waals surface area contributed by atoms with Crippen molar-refractivity contribution in [1.29, 1.82) is 0 Å². The average molecular weight is 290 g/mol. The van der Waals surface area contributed by atoms with Crippen LogP contribution in [0.5, 0.6) is 0 Å². The third kappa shape index (κ3) is 5.03. The molecule has 0 radical (unpaired) electrons. The lowest BCUT2D eigenvalue weighted by Gasteiger charge is -2.11. The summed E-state index contributed by atoms with van der Waals surface area (Å²) in [5.41, 5.74) is 4.46. The summed E-state index contributed by atoms with van der Waals surface area (Å²) in [7, 11) is -1.84. The van der Waals surface area contributed by atoms with Crippen LogP contribution in [-0.4, -0.2) is 4.89 Å². The number of rotatable bonds is 6. The zero-order chi connectivity index (χ0) is 14.4. The molecular formula is C16H19O3P. The predicted octanol–water partition coefficient (Wildman–Crippen LogP) is 4.26. The normalized spacial score (nSPS) is 11.0. The second-order valence-electron chi connectivity index (χ2n) is 4.76. The molecule has 2 aromatic rings. The van der Waals surface area contributed by atoms with Crippen molar-refractivity contribution >= 4 is 8.60 Å². The molecule has 1 N–H and O–H groups in total. The largest absolute Gasteiger partial charge is 0.330 e. The number of aryl methyl sites for hydroxylation is 2. The van der Waals surface area contributed by atoms with E-state index < -0.39 is 8.60 Å². The van der Waals surface area contributed by atoms with Crippen molar-refractivity contribution in [2.75, 3.05) is 0 Å². The van der Waals surface area contributed by atoms with E-state index in [4.69, 9.17) is 9.05 Å². The second kappa shape index (κ2) is 7.51. The topological polar surface area (TPSA) is 38.7 Å². The highest BCUT2D eigenvalue weighted by atomic mass is 31.2. The smallest absolute Gasteiger partial charge is 0.328 e. The van der Waals surface area contributed by atoms with E-state index >= 15 is 0 Å². The average Bonchev–Trinajstić information content (AvgIpc) is 2.46. The van der Waals surface area contributed by atoms with Crippen LogP contribution >= 0.6 is 8.60 Å². The van der Waals surface area contributed by atoms with E-state index in [1.165, 1.54) is 11.1 Å². The Balaban J connectivity index is 1.73. The van der Waals surface area contributed by atoms with Gasteiger partial charge in [-0.05, 0) is 25.0 Å². The molecule has 4 heteroatoms. The molecule has 0 atom stereocenters. The standard InChI is InChI=1S/C16H19O3P/c1-13-3-7-15(8-4-13)11-18-20(17)19-12-16-9-5-14(2)6-10-16/h3-10,17H,11-12H2,1-2H3. The maximum atomic E-state index is 9.70. The molecule has 0 bridgehead atoms. The molecule has 0 saturated heterocycles. The van der Waals surface area contributed by atoms with Crippen LogP contribution in [0.3, 0.4) is 0 Å². The Hall–Kier alpha value is -1.25. The van der Waals surface area contributed by atoms with Gasteiger partial charge in [0, 0.05) is 0 Å². The molecule has 20 heavy (non-hydrogen) atoms. The fourth-order valence-corrected chi connectivity index (χ4v) is 2.26. The van der Waals surface area contributed by atoms with Crippen LogP contribution in [0.1, 0.15) is 22.3 Å². The van der Waals surface area contributed by atoms with Gasteiger partial charge in [-0.15, -0.1) is 0 Å². The zero-order valence-electron chi connectivity index (χ0n) is 11.7. The summed E-state index contributed by atoms with van der Waals surface area (Å²) in [5.74, 6) is 0. The fourth-order valence-electron chi connectivity index (χ4n) is 1.67. The van der Waals surface area contributed by atoms with Gasteiger partial charge in [0.05, 0.1) is 13.2 Å². The molecule has 2 aromatic carbocycles. The highest BCUT2D eigenvalue weighted by Gasteiger charge is 2.07. The summed E-state index contributed by atoms with van der Waals surface area (Å²) in [4.78, 5) is 9.70. The summed E-state index contributed by atoms with van der Waals surface area (Å²) in [6, 6.07) is 16.0. The van der Waals surface area contributed by atoms with Crippen LogP contribution in [0.2, 0.25) is 0 Å². The summed E-state index contributed by atoms with van der Waals surface area (Å²) in [6.07, 6.45) is 0. The highest BCUT2D eigenvalue weighted by molar-refractivity contribution is 7.40. The Labute approximate surface area is 121 Å². The quantitative estimate of drug-likeness (QED) is 0.808. The van der Waals surface area contributed by atoms with Gasteiger partial charge >= 0.3 is 8.60 Å². The lowest BCUT2D eigenvalue weighted by atomic mass is 10.2. The first kappa shape index (κ1) is 15.1. The van der Waals surface area contributed by atoms with Crippen LogP contribution in [-0.2, 0) is 22.3 Å². The van der Waals surface area contributed by atoms with Crippen LogP contribution in [0.4, 0.5) is 0 Å². The Morgan fingerprint density at radius 2 is 1.10 bits per heavy atom. The van der Waals surface area contributed by atoms with Gasteiger partial charge in [-0.1, -0.05) is 59.7 Å². The first-order valence-corrected chi connectivity index (χ1v) is 7.62. The van der Waals surface area contributed by atoms with Gasteiger partial charge < -0.3 is 13.9 Å². The Bertz CT molecular complexity index is 473. The second-order valence-corrected chi connectivity index (χ2v) is 5.75. The number of benzene rings is 2. The van der Waals surface area contributed by atoms with Crippen LogP contribution in [0.25, 0.3) is 0 Å². The fraction of sp³-hybridized carbons (Fsp3) is 0.250. The van der Waals surface area contributed by atoms with E-state index in [9.17, 15) is 4.89 Å². The maximum Gasteiger partial charge on any atom is 0.330 e. The van der Waals surface area contributed by atoms with Gasteiger partial charge in [-0.25, -0.2) is 0 Å². The monoisotopic (exact) mass is 290 g/mol. The molecule has 0 aliphatic rings. The van der Waals surface area contributed by atoms with Gasteiger partial charge in [0.1, 0.15) is 0 Å². The highest BCUT2D eigenvalue weighted by Crippen LogP contribution is 2.35. The van der Waals surface area contributed by atoms with Gasteiger partial charge in [0.2, 0.25) is 0 Å². The molecule has 2 rings (SSSR count). The number of hydrogen-bond donors (Lipinski definition) is 1. The van der Waals surface area contributed by atoms with Crippen molar-refractivity contribution < 1.29 is 13.9 Å². The minimum atomic E-state index is -1.84. The number of hydrogen-bond acceptors (Lipinski definition) is 3. The third-order valence-electron chi connectivity index (χ3n) is 2.92. The summed E-state index contributed by atoms with van der Waals surface area (Å²) >= 11 is 0. The van der Waals surface area contributed by atoms with Crippen molar-refractivity contribution in [1.82, 2.24) is 0 Å². The van der Waals surface area contributed by atoms with E-state index in [0.717, 1.165) is 11.1 Å². The molecule has 0 fully saturated rings. The first-order valence-electron chi connectivity index (χ1n) is 6.49. The zero-order valence-corrected chi connectivity index (χ0v) is 12.6.